The van der Waals surface area contributed by atoms with Crippen molar-refractivity contribution in [1.29, 1.82) is 0 Å². The lowest BCUT2D eigenvalue weighted by Gasteiger charge is -2.13. The standard InChI is InChI=1S/C25H21NO5/c1-29-19-11-12-20-18(13-24(27)31-23(20)14-19)16-30-22-10-6-5-9-21(22)25(28)26-15-17-7-3-2-4-8-17/h2-14H,15-16H2,1H3,(H,26,28). The molecule has 6 heteroatoms. The van der Waals surface area contributed by atoms with Gasteiger partial charge in [0, 0.05) is 29.6 Å². The number of hydrogen-bond donors (Lipinski definition) is 1. The molecule has 0 bridgehead atoms. The van der Waals surface area contributed by atoms with Crippen LogP contribution in [-0.2, 0) is 13.2 Å². The van der Waals surface area contributed by atoms with E-state index in [2.05, 4.69) is 5.32 Å². The van der Waals surface area contributed by atoms with Gasteiger partial charge in [0.2, 0.25) is 0 Å². The molecule has 0 unspecified atom stereocenters. The Bertz CT molecular complexity index is 1260. The quantitative estimate of drug-likeness (QED) is 0.455. The molecule has 4 aromatic rings. The van der Waals surface area contributed by atoms with Gasteiger partial charge in [0.1, 0.15) is 23.7 Å². The van der Waals surface area contributed by atoms with E-state index in [1.54, 1.807) is 43.5 Å². The number of carbonyl (C=O) groups is 1. The Morgan fingerprint density at radius 3 is 2.55 bits per heavy atom. The Kier molecular flexibility index (Phi) is 5.98. The number of ether oxygens (including phenoxy) is 2. The predicted octanol–water partition coefficient (Wildman–Crippen LogP) is 4.31. The van der Waals surface area contributed by atoms with Gasteiger partial charge in [-0.3, -0.25) is 4.79 Å². The summed E-state index contributed by atoms with van der Waals surface area (Å²) in [5, 5.41) is 3.65. The average Bonchev–Trinajstić information content (AvgIpc) is 2.81. The molecule has 0 saturated carbocycles. The fourth-order valence-electron chi connectivity index (χ4n) is 3.27. The second-order valence-corrected chi connectivity index (χ2v) is 6.91. The highest BCUT2D eigenvalue weighted by atomic mass is 16.5. The minimum atomic E-state index is -0.478. The number of benzene rings is 3. The second-order valence-electron chi connectivity index (χ2n) is 6.91. The lowest BCUT2D eigenvalue weighted by Crippen LogP contribution is -2.23. The molecule has 4 rings (SSSR count). The van der Waals surface area contributed by atoms with Crippen molar-refractivity contribution in [2.45, 2.75) is 13.2 Å². The molecule has 0 aliphatic heterocycles. The normalized spacial score (nSPS) is 10.6. The van der Waals surface area contributed by atoms with E-state index in [9.17, 15) is 9.59 Å². The summed E-state index contributed by atoms with van der Waals surface area (Å²) < 4.78 is 16.4. The zero-order valence-electron chi connectivity index (χ0n) is 17.0. The Hall–Kier alpha value is -4.06. The van der Waals surface area contributed by atoms with Crippen molar-refractivity contribution in [3.8, 4) is 11.5 Å². The SMILES string of the molecule is COc1ccc2c(COc3ccccc3C(=O)NCc3ccccc3)cc(=O)oc2c1. The Morgan fingerprint density at radius 1 is 0.968 bits per heavy atom. The molecule has 0 radical (unpaired) electrons. The zero-order valence-corrected chi connectivity index (χ0v) is 17.0. The van der Waals surface area contributed by atoms with Gasteiger partial charge >= 0.3 is 5.63 Å². The van der Waals surface area contributed by atoms with E-state index < -0.39 is 5.63 Å². The van der Waals surface area contributed by atoms with E-state index in [0.717, 1.165) is 10.9 Å². The van der Waals surface area contributed by atoms with Gasteiger partial charge in [-0.1, -0.05) is 42.5 Å². The summed E-state index contributed by atoms with van der Waals surface area (Å²) in [5.74, 6) is 0.790. The number of para-hydroxylation sites is 1. The van der Waals surface area contributed by atoms with Crippen molar-refractivity contribution in [3.05, 3.63) is 106 Å². The maximum atomic E-state index is 12.7. The molecule has 0 aliphatic carbocycles. The Labute approximate surface area is 179 Å². The van der Waals surface area contributed by atoms with Crippen molar-refractivity contribution in [1.82, 2.24) is 5.32 Å². The number of fused-ring (bicyclic) bond motifs is 1. The van der Waals surface area contributed by atoms with E-state index in [1.165, 1.54) is 6.07 Å². The van der Waals surface area contributed by atoms with Crippen LogP contribution in [-0.4, -0.2) is 13.0 Å². The molecular formula is C25H21NO5. The summed E-state index contributed by atoms with van der Waals surface area (Å²) in [4.78, 5) is 24.7. The molecule has 31 heavy (non-hydrogen) atoms. The van der Waals surface area contributed by atoms with Gasteiger partial charge in [-0.25, -0.2) is 4.79 Å². The van der Waals surface area contributed by atoms with Crippen LogP contribution in [0.15, 0.2) is 88.1 Å². The first kappa shape index (κ1) is 20.2. The molecule has 1 aromatic heterocycles. The molecule has 0 atom stereocenters. The van der Waals surface area contributed by atoms with Crippen LogP contribution in [0.25, 0.3) is 11.0 Å². The first-order chi connectivity index (χ1) is 15.1. The van der Waals surface area contributed by atoms with Gasteiger partial charge in [-0.05, 0) is 29.8 Å². The van der Waals surface area contributed by atoms with Gasteiger partial charge in [-0.2, -0.15) is 0 Å². The average molecular weight is 415 g/mol. The summed E-state index contributed by atoms with van der Waals surface area (Å²) in [7, 11) is 1.55. The molecule has 1 amide bonds. The van der Waals surface area contributed by atoms with Crippen LogP contribution in [0.2, 0.25) is 0 Å². The smallest absolute Gasteiger partial charge is 0.336 e. The van der Waals surface area contributed by atoms with Gasteiger partial charge in [-0.15, -0.1) is 0 Å². The minimum Gasteiger partial charge on any atom is -0.497 e. The summed E-state index contributed by atoms with van der Waals surface area (Å²) in [6, 6.07) is 23.3. The Morgan fingerprint density at radius 2 is 1.74 bits per heavy atom. The summed E-state index contributed by atoms with van der Waals surface area (Å²) in [5.41, 5.74) is 2.03. The summed E-state index contributed by atoms with van der Waals surface area (Å²) >= 11 is 0. The van der Waals surface area contributed by atoms with Crippen molar-refractivity contribution in [2.75, 3.05) is 7.11 Å². The molecule has 0 saturated heterocycles. The molecule has 3 aromatic carbocycles. The van der Waals surface area contributed by atoms with Crippen LogP contribution in [0.3, 0.4) is 0 Å². The first-order valence-electron chi connectivity index (χ1n) is 9.79. The fraction of sp³-hybridized carbons (Fsp3) is 0.120. The molecule has 1 heterocycles. The van der Waals surface area contributed by atoms with Crippen molar-refractivity contribution in [2.24, 2.45) is 0 Å². The summed E-state index contributed by atoms with van der Waals surface area (Å²) in [6.07, 6.45) is 0. The topological polar surface area (TPSA) is 77.8 Å². The van der Waals surface area contributed by atoms with Crippen LogP contribution in [0.4, 0.5) is 0 Å². The minimum absolute atomic E-state index is 0.109. The highest BCUT2D eigenvalue weighted by Gasteiger charge is 2.13. The lowest BCUT2D eigenvalue weighted by atomic mass is 10.1. The monoisotopic (exact) mass is 415 g/mol. The van der Waals surface area contributed by atoms with E-state index >= 15 is 0 Å². The molecule has 0 fully saturated rings. The van der Waals surface area contributed by atoms with Crippen molar-refractivity contribution in [3.63, 3.8) is 0 Å². The molecule has 0 aliphatic rings. The third-order valence-corrected chi connectivity index (χ3v) is 4.85. The third-order valence-electron chi connectivity index (χ3n) is 4.85. The van der Waals surface area contributed by atoms with E-state index in [-0.39, 0.29) is 12.5 Å². The zero-order chi connectivity index (χ0) is 21.6. The number of nitrogens with one attached hydrogen (secondary N) is 1. The van der Waals surface area contributed by atoms with Gasteiger partial charge in [0.25, 0.3) is 5.91 Å². The first-order valence-corrected chi connectivity index (χ1v) is 9.79. The van der Waals surface area contributed by atoms with Crippen LogP contribution in [0.5, 0.6) is 11.5 Å². The largest absolute Gasteiger partial charge is 0.497 e. The molecule has 156 valence electrons. The van der Waals surface area contributed by atoms with Gasteiger partial charge in [0.15, 0.2) is 0 Å². The predicted molar refractivity (Wildman–Crippen MR) is 117 cm³/mol. The number of amides is 1. The number of hydrogen-bond acceptors (Lipinski definition) is 5. The highest BCUT2D eigenvalue weighted by molar-refractivity contribution is 5.96. The lowest BCUT2D eigenvalue weighted by molar-refractivity contribution is 0.0946. The Balaban J connectivity index is 1.53. The fourth-order valence-corrected chi connectivity index (χ4v) is 3.27. The molecular weight excluding hydrogens is 394 g/mol. The third kappa shape index (κ3) is 4.75. The van der Waals surface area contributed by atoms with Crippen molar-refractivity contribution < 1.29 is 18.7 Å². The van der Waals surface area contributed by atoms with Crippen LogP contribution in [0.1, 0.15) is 21.5 Å². The van der Waals surface area contributed by atoms with Crippen LogP contribution < -0.4 is 20.4 Å². The van der Waals surface area contributed by atoms with E-state index in [4.69, 9.17) is 13.9 Å². The summed E-state index contributed by atoms with van der Waals surface area (Å²) in [6.45, 7) is 0.525. The maximum Gasteiger partial charge on any atom is 0.336 e. The maximum absolute atomic E-state index is 12.7. The van der Waals surface area contributed by atoms with Crippen LogP contribution in [0, 0.1) is 0 Å². The van der Waals surface area contributed by atoms with E-state index in [0.29, 0.717) is 34.8 Å². The molecule has 1 N–H and O–H groups in total. The van der Waals surface area contributed by atoms with Crippen molar-refractivity contribution >= 4 is 16.9 Å². The van der Waals surface area contributed by atoms with E-state index in [1.807, 2.05) is 36.4 Å². The van der Waals surface area contributed by atoms with Gasteiger partial charge < -0.3 is 19.2 Å². The second kappa shape index (κ2) is 9.17. The number of rotatable bonds is 7. The van der Waals surface area contributed by atoms with Gasteiger partial charge in [0.05, 0.1) is 12.7 Å². The van der Waals surface area contributed by atoms with Crippen LogP contribution >= 0.6 is 0 Å². The highest BCUT2D eigenvalue weighted by Crippen LogP contribution is 2.25. The molecule has 6 nitrogen and oxygen atoms in total. The molecule has 0 spiro atoms. The number of carbonyl (C=O) groups excluding carboxylic acids is 1. The number of methoxy groups -OCH3 is 1.